The second-order valence-electron chi connectivity index (χ2n) is 4.00. The summed E-state index contributed by atoms with van der Waals surface area (Å²) in [5.41, 5.74) is 6.97. The monoisotopic (exact) mass is 247 g/mol. The molecule has 0 aliphatic rings. The average Bonchev–Trinajstić information content (AvgIpc) is 2.82. The highest BCUT2D eigenvalue weighted by atomic mass is 32.1. The molecule has 0 aliphatic heterocycles. The van der Waals surface area contributed by atoms with Gasteiger partial charge in [-0.05, 0) is 24.4 Å². The zero-order valence-electron chi connectivity index (χ0n) is 9.93. The highest BCUT2D eigenvalue weighted by molar-refractivity contribution is 7.09. The van der Waals surface area contributed by atoms with E-state index in [-0.39, 0.29) is 6.04 Å². The number of thiophene rings is 1. The van der Waals surface area contributed by atoms with E-state index in [1.165, 1.54) is 4.88 Å². The maximum absolute atomic E-state index is 5.90. The van der Waals surface area contributed by atoms with Crippen LogP contribution in [0.3, 0.4) is 0 Å². The molecule has 2 N–H and O–H groups in total. The van der Waals surface area contributed by atoms with Crippen molar-refractivity contribution in [1.29, 1.82) is 0 Å². The molecule has 0 bridgehead atoms. The summed E-state index contributed by atoms with van der Waals surface area (Å²) in [4.78, 5) is 1.35. The molecule has 3 heteroatoms. The molecule has 2 rings (SSSR count). The lowest BCUT2D eigenvalue weighted by Crippen LogP contribution is -2.09. The predicted molar refractivity (Wildman–Crippen MR) is 72.6 cm³/mol. The third-order valence-electron chi connectivity index (χ3n) is 2.60. The minimum atomic E-state index is 0.00735. The fourth-order valence-electron chi connectivity index (χ4n) is 1.70. The number of ether oxygens (including phenoxy) is 1. The molecule has 1 aromatic carbocycles. The molecule has 0 unspecified atom stereocenters. The first-order valence-electron chi connectivity index (χ1n) is 5.77. The van der Waals surface area contributed by atoms with E-state index in [1.54, 1.807) is 11.3 Å². The van der Waals surface area contributed by atoms with E-state index in [4.69, 9.17) is 10.5 Å². The quantitative estimate of drug-likeness (QED) is 0.879. The van der Waals surface area contributed by atoms with E-state index < -0.39 is 0 Å². The van der Waals surface area contributed by atoms with Gasteiger partial charge in [-0.15, -0.1) is 11.3 Å². The molecule has 0 aliphatic carbocycles. The SMILES string of the molecule is C[C@H](N)c1ccccc1OCCc1cccs1. The van der Waals surface area contributed by atoms with E-state index in [2.05, 4.69) is 17.5 Å². The smallest absolute Gasteiger partial charge is 0.124 e. The molecule has 1 heterocycles. The van der Waals surface area contributed by atoms with Crippen LogP contribution < -0.4 is 10.5 Å². The lowest BCUT2D eigenvalue weighted by molar-refractivity contribution is 0.318. The number of hydrogen-bond acceptors (Lipinski definition) is 3. The summed E-state index contributed by atoms with van der Waals surface area (Å²) >= 11 is 1.76. The van der Waals surface area contributed by atoms with Crippen molar-refractivity contribution in [3.63, 3.8) is 0 Å². The molecule has 1 atom stereocenters. The van der Waals surface area contributed by atoms with E-state index >= 15 is 0 Å². The Morgan fingerprint density at radius 1 is 1.24 bits per heavy atom. The van der Waals surface area contributed by atoms with Crippen LogP contribution in [0.4, 0.5) is 0 Å². The lowest BCUT2D eigenvalue weighted by Gasteiger charge is -2.13. The molecular weight excluding hydrogens is 230 g/mol. The van der Waals surface area contributed by atoms with Crippen molar-refractivity contribution in [2.75, 3.05) is 6.61 Å². The van der Waals surface area contributed by atoms with Gasteiger partial charge in [0.1, 0.15) is 5.75 Å². The first-order valence-corrected chi connectivity index (χ1v) is 6.65. The van der Waals surface area contributed by atoms with Gasteiger partial charge in [0.15, 0.2) is 0 Å². The predicted octanol–water partition coefficient (Wildman–Crippen LogP) is 3.39. The Hall–Kier alpha value is -1.32. The summed E-state index contributed by atoms with van der Waals surface area (Å²) in [7, 11) is 0. The highest BCUT2D eigenvalue weighted by Crippen LogP contribution is 2.23. The van der Waals surface area contributed by atoms with Crippen LogP contribution in [0.1, 0.15) is 23.4 Å². The van der Waals surface area contributed by atoms with Crippen LogP contribution in [-0.2, 0) is 6.42 Å². The van der Waals surface area contributed by atoms with Crippen molar-refractivity contribution < 1.29 is 4.74 Å². The number of nitrogens with two attached hydrogens (primary N) is 1. The summed E-state index contributed by atoms with van der Waals surface area (Å²) < 4.78 is 5.80. The maximum atomic E-state index is 5.90. The van der Waals surface area contributed by atoms with Crippen LogP contribution in [0.15, 0.2) is 41.8 Å². The van der Waals surface area contributed by atoms with Crippen LogP contribution in [0.25, 0.3) is 0 Å². The first kappa shape index (κ1) is 12.1. The number of para-hydroxylation sites is 1. The second-order valence-corrected chi connectivity index (χ2v) is 5.04. The minimum Gasteiger partial charge on any atom is -0.493 e. The van der Waals surface area contributed by atoms with Gasteiger partial charge >= 0.3 is 0 Å². The molecule has 0 radical (unpaired) electrons. The zero-order chi connectivity index (χ0) is 12.1. The van der Waals surface area contributed by atoms with E-state index in [9.17, 15) is 0 Å². The molecule has 2 aromatic rings. The molecule has 0 fully saturated rings. The Bertz CT molecular complexity index is 451. The topological polar surface area (TPSA) is 35.2 Å². The third kappa shape index (κ3) is 3.32. The van der Waals surface area contributed by atoms with Crippen molar-refractivity contribution in [3.8, 4) is 5.75 Å². The van der Waals surface area contributed by atoms with Crippen molar-refractivity contribution in [2.45, 2.75) is 19.4 Å². The zero-order valence-corrected chi connectivity index (χ0v) is 10.7. The first-order chi connectivity index (χ1) is 8.27. The summed E-state index contributed by atoms with van der Waals surface area (Å²) in [6.45, 7) is 2.67. The minimum absolute atomic E-state index is 0.00735. The number of rotatable bonds is 5. The van der Waals surface area contributed by atoms with Gasteiger partial charge in [-0.3, -0.25) is 0 Å². The average molecular weight is 247 g/mol. The molecule has 0 saturated carbocycles. The Labute approximate surface area is 106 Å². The molecule has 17 heavy (non-hydrogen) atoms. The van der Waals surface area contributed by atoms with Crippen LogP contribution in [0.5, 0.6) is 5.75 Å². The Morgan fingerprint density at radius 3 is 2.76 bits per heavy atom. The van der Waals surface area contributed by atoms with E-state index in [1.807, 2.05) is 31.2 Å². The fourth-order valence-corrected chi connectivity index (χ4v) is 2.39. The van der Waals surface area contributed by atoms with Crippen molar-refractivity contribution in [1.82, 2.24) is 0 Å². The number of benzene rings is 1. The highest BCUT2D eigenvalue weighted by Gasteiger charge is 2.06. The largest absolute Gasteiger partial charge is 0.493 e. The van der Waals surface area contributed by atoms with Crippen LogP contribution in [-0.4, -0.2) is 6.61 Å². The van der Waals surface area contributed by atoms with Gasteiger partial charge in [-0.2, -0.15) is 0 Å². The van der Waals surface area contributed by atoms with Gasteiger partial charge in [0.25, 0.3) is 0 Å². The van der Waals surface area contributed by atoms with Crippen molar-refractivity contribution in [2.24, 2.45) is 5.73 Å². The normalized spacial score (nSPS) is 12.4. The summed E-state index contributed by atoms with van der Waals surface area (Å²) in [5.74, 6) is 0.902. The lowest BCUT2D eigenvalue weighted by atomic mass is 10.1. The van der Waals surface area contributed by atoms with Crippen LogP contribution in [0.2, 0.25) is 0 Å². The van der Waals surface area contributed by atoms with Crippen LogP contribution >= 0.6 is 11.3 Å². The van der Waals surface area contributed by atoms with Gasteiger partial charge in [0, 0.05) is 22.9 Å². The van der Waals surface area contributed by atoms with Gasteiger partial charge in [0.2, 0.25) is 0 Å². The summed E-state index contributed by atoms with van der Waals surface area (Å²) in [6, 6.07) is 12.2. The molecule has 0 spiro atoms. The van der Waals surface area contributed by atoms with E-state index in [0.717, 1.165) is 17.7 Å². The molecule has 0 amide bonds. The van der Waals surface area contributed by atoms with Gasteiger partial charge in [-0.25, -0.2) is 0 Å². The second kappa shape index (κ2) is 5.84. The number of hydrogen-bond donors (Lipinski definition) is 1. The van der Waals surface area contributed by atoms with Crippen molar-refractivity contribution in [3.05, 3.63) is 52.2 Å². The third-order valence-corrected chi connectivity index (χ3v) is 3.53. The summed E-state index contributed by atoms with van der Waals surface area (Å²) in [5, 5.41) is 2.09. The molecule has 2 nitrogen and oxygen atoms in total. The molecule has 0 saturated heterocycles. The van der Waals surface area contributed by atoms with Gasteiger partial charge in [0.05, 0.1) is 6.61 Å². The van der Waals surface area contributed by atoms with Crippen LogP contribution in [0, 0.1) is 0 Å². The Morgan fingerprint density at radius 2 is 2.06 bits per heavy atom. The maximum Gasteiger partial charge on any atom is 0.124 e. The standard InChI is InChI=1S/C14H17NOS/c1-11(15)13-6-2-3-7-14(13)16-9-8-12-5-4-10-17-12/h2-7,10-11H,8-9,15H2,1H3/t11-/m0/s1. The van der Waals surface area contributed by atoms with Gasteiger partial charge in [-0.1, -0.05) is 24.3 Å². The molecule has 90 valence electrons. The Balaban J connectivity index is 1.94. The summed E-state index contributed by atoms with van der Waals surface area (Å²) in [6.07, 6.45) is 0.949. The molecule has 1 aromatic heterocycles. The van der Waals surface area contributed by atoms with Crippen molar-refractivity contribution >= 4 is 11.3 Å². The fraction of sp³-hybridized carbons (Fsp3) is 0.286. The van der Waals surface area contributed by atoms with E-state index in [0.29, 0.717) is 6.61 Å². The molecular formula is C14H17NOS. The van der Waals surface area contributed by atoms with Gasteiger partial charge < -0.3 is 10.5 Å². The Kier molecular flexibility index (Phi) is 4.18.